The van der Waals surface area contributed by atoms with Crippen molar-refractivity contribution < 1.29 is 14.3 Å². The molecule has 0 saturated carbocycles. The molecule has 0 radical (unpaired) electrons. The zero-order chi connectivity index (χ0) is 20.6. The number of carbonyl (C=O) groups excluding carboxylic acids is 2. The van der Waals surface area contributed by atoms with E-state index < -0.39 is 5.72 Å². The zero-order valence-corrected chi connectivity index (χ0v) is 17.4. The molecule has 0 N–H and O–H groups in total. The number of hydrogen-bond donors (Lipinski definition) is 0. The van der Waals surface area contributed by atoms with Gasteiger partial charge in [0.25, 0.3) is 0 Å². The Morgan fingerprint density at radius 1 is 1.07 bits per heavy atom. The number of benzene rings is 2. The number of rotatable bonds is 2. The number of hydrogen-bond acceptors (Lipinski definition) is 3. The third kappa shape index (κ3) is 2.16. The molecule has 3 saturated heterocycles. The lowest BCUT2D eigenvalue weighted by Crippen LogP contribution is -2.51. The fourth-order valence-electron chi connectivity index (χ4n) is 6.22. The highest BCUT2D eigenvalue weighted by Crippen LogP contribution is 2.51. The number of fused-ring (bicyclic) bond motifs is 3. The minimum absolute atomic E-state index is 0.0977. The smallest absolute Gasteiger partial charge is 0.235 e. The normalized spacial score (nSPS) is 29.4. The number of carbonyl (C=O) groups is 2. The molecule has 3 atom stereocenters. The van der Waals surface area contributed by atoms with Gasteiger partial charge in [0, 0.05) is 13.0 Å². The molecule has 3 heterocycles. The molecule has 6 rings (SSSR count). The number of nitrogens with zero attached hydrogens (tertiary/aromatic N) is 2. The van der Waals surface area contributed by atoms with Crippen LogP contribution in [0.2, 0.25) is 0 Å². The lowest BCUT2D eigenvalue weighted by atomic mass is 9.94. The predicted molar refractivity (Wildman–Crippen MR) is 113 cm³/mol. The minimum atomic E-state index is -0.626. The van der Waals surface area contributed by atoms with Crippen molar-refractivity contribution in [3.63, 3.8) is 0 Å². The average Bonchev–Trinajstić information content (AvgIpc) is 3.45. The summed E-state index contributed by atoms with van der Waals surface area (Å²) in [5.41, 5.74) is 3.79. The summed E-state index contributed by atoms with van der Waals surface area (Å²) in [4.78, 5) is 30.9. The second-order valence-corrected chi connectivity index (χ2v) is 9.34. The van der Waals surface area contributed by atoms with Gasteiger partial charge < -0.3 is 14.5 Å². The van der Waals surface area contributed by atoms with Crippen molar-refractivity contribution in [1.29, 1.82) is 0 Å². The molecule has 0 unspecified atom stereocenters. The Morgan fingerprint density at radius 2 is 1.70 bits per heavy atom. The molecule has 3 fully saturated rings. The van der Waals surface area contributed by atoms with Gasteiger partial charge in [-0.3, -0.25) is 9.59 Å². The minimum Gasteiger partial charge on any atom is -0.351 e. The van der Waals surface area contributed by atoms with Gasteiger partial charge in [-0.1, -0.05) is 62.4 Å². The van der Waals surface area contributed by atoms with E-state index in [0.717, 1.165) is 22.3 Å². The second-order valence-electron chi connectivity index (χ2n) is 9.34. The topological polar surface area (TPSA) is 49.9 Å². The van der Waals surface area contributed by atoms with Crippen molar-refractivity contribution in [3.8, 4) is 11.1 Å². The summed E-state index contributed by atoms with van der Waals surface area (Å²) in [5.74, 6) is 0.255. The summed E-state index contributed by atoms with van der Waals surface area (Å²) < 4.78 is 6.33. The maximum atomic E-state index is 14.0. The van der Waals surface area contributed by atoms with Crippen LogP contribution in [-0.4, -0.2) is 52.6 Å². The molecule has 3 aliphatic heterocycles. The van der Waals surface area contributed by atoms with Crippen LogP contribution in [0.15, 0.2) is 48.5 Å². The van der Waals surface area contributed by atoms with E-state index in [0.29, 0.717) is 31.9 Å². The van der Waals surface area contributed by atoms with Crippen LogP contribution in [-0.2, 0) is 14.3 Å². The van der Waals surface area contributed by atoms with Crippen LogP contribution in [0.5, 0.6) is 0 Å². The van der Waals surface area contributed by atoms with Crippen LogP contribution in [0, 0.1) is 5.92 Å². The quantitative estimate of drug-likeness (QED) is 0.774. The molecule has 5 heteroatoms. The summed E-state index contributed by atoms with van der Waals surface area (Å²) in [6, 6.07) is 16.3. The standard InChI is InChI=1S/C25H26N2O3/c1-15(2)20-14-30-25-11-12-26(21(25)13-22(28)27(20)25)24(29)23-18-9-5-3-7-16(18)17-8-4-6-10-19(17)23/h3-10,15,20-21,23H,11-14H2,1-2H3/t20-,21+,25-/m0/s1. The molecular formula is C25H26N2O3. The first-order valence-corrected chi connectivity index (χ1v) is 11.0. The SMILES string of the molecule is CC(C)[C@@H]1CO[C@@]23CCN(C(=O)C4c5ccccc5-c5ccccc54)[C@@H]2CC(=O)N13. The maximum absolute atomic E-state index is 14.0. The fraction of sp³-hybridized carbons (Fsp3) is 0.440. The molecule has 30 heavy (non-hydrogen) atoms. The highest BCUT2D eigenvalue weighted by Gasteiger charge is 2.66. The summed E-state index contributed by atoms with van der Waals surface area (Å²) in [7, 11) is 0. The molecule has 1 aliphatic carbocycles. The van der Waals surface area contributed by atoms with Crippen LogP contribution in [0.25, 0.3) is 11.1 Å². The molecule has 1 spiro atoms. The van der Waals surface area contributed by atoms with Gasteiger partial charge in [-0.15, -0.1) is 0 Å². The van der Waals surface area contributed by atoms with Gasteiger partial charge in [0.2, 0.25) is 11.8 Å². The van der Waals surface area contributed by atoms with Gasteiger partial charge in [-0.25, -0.2) is 0 Å². The molecule has 5 nitrogen and oxygen atoms in total. The van der Waals surface area contributed by atoms with Gasteiger partial charge in [-0.2, -0.15) is 0 Å². The monoisotopic (exact) mass is 402 g/mol. The van der Waals surface area contributed by atoms with Crippen LogP contribution in [0.3, 0.4) is 0 Å². The Bertz CT molecular complexity index is 1020. The van der Waals surface area contributed by atoms with Gasteiger partial charge in [0.05, 0.1) is 31.0 Å². The number of ether oxygens (including phenoxy) is 1. The van der Waals surface area contributed by atoms with E-state index in [1.165, 1.54) is 0 Å². The third-order valence-corrected chi connectivity index (χ3v) is 7.62. The number of likely N-dealkylation sites (tertiary alicyclic amines) is 1. The van der Waals surface area contributed by atoms with Gasteiger partial charge in [0.15, 0.2) is 5.72 Å². The van der Waals surface area contributed by atoms with Crippen molar-refractivity contribution in [2.75, 3.05) is 13.2 Å². The molecule has 0 bridgehead atoms. The Morgan fingerprint density at radius 3 is 2.33 bits per heavy atom. The van der Waals surface area contributed by atoms with Crippen LogP contribution in [0.4, 0.5) is 0 Å². The molecule has 2 aromatic rings. The van der Waals surface area contributed by atoms with Crippen molar-refractivity contribution >= 4 is 11.8 Å². The highest BCUT2D eigenvalue weighted by atomic mass is 16.5. The van der Waals surface area contributed by atoms with E-state index in [9.17, 15) is 9.59 Å². The van der Waals surface area contributed by atoms with Crippen molar-refractivity contribution in [1.82, 2.24) is 9.80 Å². The zero-order valence-electron chi connectivity index (χ0n) is 17.4. The molecule has 2 amide bonds. The van der Waals surface area contributed by atoms with Crippen LogP contribution >= 0.6 is 0 Å². The Labute approximate surface area is 176 Å². The first kappa shape index (κ1) is 18.1. The fourth-order valence-corrected chi connectivity index (χ4v) is 6.22. The summed E-state index contributed by atoms with van der Waals surface area (Å²) in [6.45, 7) is 5.48. The van der Waals surface area contributed by atoms with Crippen molar-refractivity contribution in [2.45, 2.75) is 50.4 Å². The van der Waals surface area contributed by atoms with E-state index in [2.05, 4.69) is 38.1 Å². The summed E-state index contributed by atoms with van der Waals surface area (Å²) >= 11 is 0. The Kier molecular flexibility index (Phi) is 3.73. The molecule has 154 valence electrons. The van der Waals surface area contributed by atoms with E-state index in [1.807, 2.05) is 34.1 Å². The first-order valence-electron chi connectivity index (χ1n) is 11.0. The van der Waals surface area contributed by atoms with E-state index in [1.54, 1.807) is 0 Å². The second kappa shape index (κ2) is 6.17. The van der Waals surface area contributed by atoms with Crippen LogP contribution in [0.1, 0.15) is 43.7 Å². The maximum Gasteiger partial charge on any atom is 0.235 e. The molecular weight excluding hydrogens is 376 g/mol. The van der Waals surface area contributed by atoms with Gasteiger partial charge in [0.1, 0.15) is 0 Å². The van der Waals surface area contributed by atoms with E-state index >= 15 is 0 Å². The van der Waals surface area contributed by atoms with Gasteiger partial charge >= 0.3 is 0 Å². The van der Waals surface area contributed by atoms with Crippen LogP contribution < -0.4 is 0 Å². The molecule has 4 aliphatic rings. The van der Waals surface area contributed by atoms with Gasteiger partial charge in [-0.05, 0) is 28.2 Å². The average molecular weight is 402 g/mol. The highest BCUT2D eigenvalue weighted by molar-refractivity contribution is 5.97. The summed E-state index contributed by atoms with van der Waals surface area (Å²) in [6.07, 6.45) is 1.07. The van der Waals surface area contributed by atoms with Crippen molar-refractivity contribution in [3.05, 3.63) is 59.7 Å². The van der Waals surface area contributed by atoms with Crippen molar-refractivity contribution in [2.24, 2.45) is 5.92 Å². The first-order chi connectivity index (χ1) is 14.5. The molecule has 2 aromatic carbocycles. The predicted octanol–water partition coefficient (Wildman–Crippen LogP) is 3.38. The van der Waals surface area contributed by atoms with E-state index in [-0.39, 0.29) is 29.8 Å². The number of amides is 2. The Balaban J connectivity index is 1.38. The lowest BCUT2D eigenvalue weighted by Gasteiger charge is -2.35. The summed E-state index contributed by atoms with van der Waals surface area (Å²) in [5, 5.41) is 0. The molecule has 0 aromatic heterocycles. The largest absolute Gasteiger partial charge is 0.351 e. The van der Waals surface area contributed by atoms with E-state index in [4.69, 9.17) is 4.74 Å². The lowest BCUT2D eigenvalue weighted by molar-refractivity contribution is -0.142. The third-order valence-electron chi connectivity index (χ3n) is 7.62. The Hall–Kier alpha value is -2.66.